The van der Waals surface area contributed by atoms with Gasteiger partial charge in [-0.15, -0.1) is 0 Å². The number of likely N-dealkylation sites (N-methyl/N-ethyl adjacent to an activating group) is 1. The first-order valence-electron chi connectivity index (χ1n) is 22.4. The van der Waals surface area contributed by atoms with Gasteiger partial charge in [0.05, 0.1) is 33.9 Å². The Bertz CT molecular complexity index is 1460. The second kappa shape index (κ2) is 40.4. The van der Waals surface area contributed by atoms with Crippen LogP contribution in [-0.4, -0.2) is 86.1 Å². The van der Waals surface area contributed by atoms with Crippen LogP contribution in [-0.2, 0) is 32.7 Å². The smallest absolute Gasteiger partial charge is 0.462 e. The first kappa shape index (κ1) is 57.4. The number of aliphatic hydroxyl groups is 1. The van der Waals surface area contributed by atoms with Crippen molar-refractivity contribution in [3.63, 3.8) is 0 Å². The fourth-order valence-corrected chi connectivity index (χ4v) is 5.79. The highest BCUT2D eigenvalue weighted by Crippen LogP contribution is 2.43. The van der Waals surface area contributed by atoms with Crippen LogP contribution in [0.2, 0.25) is 0 Å². The Hall–Kier alpha value is -3.63. The molecule has 0 spiro atoms. The standard InChI is InChI=1S/C50H80NO9P/c1-6-8-10-12-14-16-17-18-19-20-21-22-23-24-25-27-29-33-37-41-49(53)57-45-48(46-59-61(55,56)58-44-43-51(3,4)5)60-50(54)42-38-34-30-32-36-40-47(52)39-35-31-28-26-15-13-11-9-7-2/h8,10,14-16,18-19,21-22,24-26,29-33,35-36,40,47-48,52H,6-7,9,11-13,17,20,23,27-28,34,37-39,41-46H2,1-5H3/p+1/b10-8-,16-14-,19-18-,22-21-,25-24-,26-15-,32-30+,33-29-,35-31-,40-36-/t47?,48-/m1/s1. The fourth-order valence-electron chi connectivity index (χ4n) is 5.05. The molecule has 0 aromatic carbocycles. The first-order valence-corrected chi connectivity index (χ1v) is 23.9. The number of nitrogens with zero attached hydrogens (tertiary/aromatic N) is 1. The monoisotopic (exact) mass is 871 g/mol. The average Bonchev–Trinajstić information content (AvgIpc) is 3.21. The predicted octanol–water partition coefficient (Wildman–Crippen LogP) is 11.9. The minimum atomic E-state index is -4.44. The summed E-state index contributed by atoms with van der Waals surface area (Å²) in [6.07, 6.45) is 53.0. The molecule has 0 aromatic heterocycles. The molecule has 344 valence electrons. The van der Waals surface area contributed by atoms with Gasteiger partial charge in [-0.2, -0.15) is 0 Å². The summed E-state index contributed by atoms with van der Waals surface area (Å²) in [5, 5.41) is 10.2. The van der Waals surface area contributed by atoms with Gasteiger partial charge in [0.1, 0.15) is 19.8 Å². The maximum atomic E-state index is 12.7. The van der Waals surface area contributed by atoms with Crippen LogP contribution < -0.4 is 0 Å². The van der Waals surface area contributed by atoms with E-state index >= 15 is 0 Å². The lowest BCUT2D eigenvalue weighted by Crippen LogP contribution is -2.37. The van der Waals surface area contributed by atoms with E-state index in [9.17, 15) is 24.2 Å². The molecule has 2 N–H and O–H groups in total. The number of unbranched alkanes of at least 4 members (excludes halogenated alkanes) is 4. The summed E-state index contributed by atoms with van der Waals surface area (Å²) < 4.78 is 34.1. The van der Waals surface area contributed by atoms with Crippen molar-refractivity contribution < 1.29 is 47.2 Å². The summed E-state index contributed by atoms with van der Waals surface area (Å²) in [4.78, 5) is 35.3. The van der Waals surface area contributed by atoms with Crippen LogP contribution in [0, 0.1) is 0 Å². The Morgan fingerprint density at radius 2 is 1.15 bits per heavy atom. The first-order chi connectivity index (χ1) is 29.4. The second-order valence-corrected chi connectivity index (χ2v) is 17.0. The summed E-state index contributed by atoms with van der Waals surface area (Å²) in [5.74, 6) is -1.04. The van der Waals surface area contributed by atoms with E-state index in [1.807, 2.05) is 51.5 Å². The van der Waals surface area contributed by atoms with Gasteiger partial charge >= 0.3 is 19.8 Å². The second-order valence-electron chi connectivity index (χ2n) is 15.5. The SMILES string of the molecule is CC/C=C\C/C=C\C/C=C\C/C=C\C/C=C\C/C=C\CCC(=O)OC[C@H](COP(=O)(O)OCC[N+](C)(C)C)OC(=O)CCC/C=C/C=C\C(O)C/C=C\C/C=C\CCCCC. The van der Waals surface area contributed by atoms with E-state index in [0.29, 0.717) is 36.7 Å². The van der Waals surface area contributed by atoms with Crippen LogP contribution in [0.4, 0.5) is 0 Å². The molecule has 61 heavy (non-hydrogen) atoms. The zero-order valence-corrected chi connectivity index (χ0v) is 39.1. The average molecular weight is 871 g/mol. The highest BCUT2D eigenvalue weighted by molar-refractivity contribution is 7.47. The Balaban J connectivity index is 4.68. The van der Waals surface area contributed by atoms with Crippen molar-refractivity contribution in [1.82, 2.24) is 0 Å². The lowest BCUT2D eigenvalue weighted by Gasteiger charge is -2.24. The summed E-state index contributed by atoms with van der Waals surface area (Å²) >= 11 is 0. The number of carbonyl (C=O) groups excluding carboxylic acids is 2. The number of rotatable bonds is 38. The number of ether oxygens (including phenoxy) is 2. The van der Waals surface area contributed by atoms with Crippen molar-refractivity contribution in [3.8, 4) is 0 Å². The van der Waals surface area contributed by atoms with E-state index < -0.39 is 38.6 Å². The molecule has 0 amide bonds. The van der Waals surface area contributed by atoms with E-state index in [0.717, 1.165) is 51.4 Å². The van der Waals surface area contributed by atoms with E-state index in [1.165, 1.54) is 19.3 Å². The van der Waals surface area contributed by atoms with Gasteiger partial charge in [-0.05, 0) is 83.5 Å². The Kier molecular flexibility index (Phi) is 38.0. The lowest BCUT2D eigenvalue weighted by molar-refractivity contribution is -0.870. The Morgan fingerprint density at radius 1 is 0.607 bits per heavy atom. The molecule has 0 saturated heterocycles. The molecule has 0 fully saturated rings. The third-order valence-electron chi connectivity index (χ3n) is 8.57. The van der Waals surface area contributed by atoms with Gasteiger partial charge in [-0.1, -0.05) is 148 Å². The molecule has 0 aromatic rings. The number of phosphoric ester groups is 1. The van der Waals surface area contributed by atoms with Crippen LogP contribution >= 0.6 is 7.82 Å². The number of hydrogen-bond donors (Lipinski definition) is 2. The Morgan fingerprint density at radius 3 is 1.72 bits per heavy atom. The Labute approximate surface area is 370 Å². The van der Waals surface area contributed by atoms with Gasteiger partial charge in [0.2, 0.25) is 0 Å². The minimum absolute atomic E-state index is 0.0127. The van der Waals surface area contributed by atoms with Crippen molar-refractivity contribution in [2.45, 2.75) is 135 Å². The molecule has 0 radical (unpaired) electrons. The molecule has 0 bridgehead atoms. The van der Waals surface area contributed by atoms with E-state index in [2.05, 4.69) is 92.8 Å². The molecule has 11 heteroatoms. The molecule has 0 aliphatic rings. The molecule has 0 heterocycles. The molecule has 0 saturated carbocycles. The zero-order valence-electron chi connectivity index (χ0n) is 38.2. The summed E-state index contributed by atoms with van der Waals surface area (Å²) in [6.45, 7) is 3.98. The van der Waals surface area contributed by atoms with Gasteiger partial charge in [0, 0.05) is 12.8 Å². The number of carbonyl (C=O) groups is 2. The minimum Gasteiger partial charge on any atom is -0.462 e. The molecule has 3 atom stereocenters. The van der Waals surface area contributed by atoms with Crippen molar-refractivity contribution in [1.29, 1.82) is 0 Å². The number of quaternary nitrogens is 1. The number of allylic oxidation sites excluding steroid dienone is 18. The summed E-state index contributed by atoms with van der Waals surface area (Å²) in [7, 11) is 1.33. The van der Waals surface area contributed by atoms with E-state index in [4.69, 9.17) is 18.5 Å². The number of phosphoric acid groups is 1. The maximum Gasteiger partial charge on any atom is 0.472 e. The van der Waals surface area contributed by atoms with Gasteiger partial charge in [-0.3, -0.25) is 18.6 Å². The summed E-state index contributed by atoms with van der Waals surface area (Å²) in [5.41, 5.74) is 0. The van der Waals surface area contributed by atoms with Crippen molar-refractivity contribution in [3.05, 3.63) is 122 Å². The fraction of sp³-hybridized carbons (Fsp3) is 0.560. The van der Waals surface area contributed by atoms with Gasteiger partial charge in [0.15, 0.2) is 6.10 Å². The molecular formula is C50H81NO9P+. The highest BCUT2D eigenvalue weighted by atomic mass is 31.2. The van der Waals surface area contributed by atoms with E-state index in [-0.39, 0.29) is 26.1 Å². The van der Waals surface area contributed by atoms with Crippen LogP contribution in [0.15, 0.2) is 122 Å². The van der Waals surface area contributed by atoms with Crippen LogP contribution in [0.25, 0.3) is 0 Å². The molecule has 0 rings (SSSR count). The van der Waals surface area contributed by atoms with Crippen LogP contribution in [0.5, 0.6) is 0 Å². The number of hydrogen-bond acceptors (Lipinski definition) is 8. The molecule has 10 nitrogen and oxygen atoms in total. The van der Waals surface area contributed by atoms with Gasteiger partial charge in [-0.25, -0.2) is 4.57 Å². The third kappa shape index (κ3) is 44.2. The van der Waals surface area contributed by atoms with Crippen LogP contribution in [0.1, 0.15) is 123 Å². The molecule has 0 aliphatic carbocycles. The van der Waals surface area contributed by atoms with Crippen molar-refractivity contribution in [2.75, 3.05) is 47.5 Å². The molecule has 0 aliphatic heterocycles. The quantitative estimate of drug-likeness (QED) is 0.0156. The third-order valence-corrected chi connectivity index (χ3v) is 9.55. The largest absolute Gasteiger partial charge is 0.472 e. The number of aliphatic hydroxyl groups excluding tert-OH is 1. The zero-order chi connectivity index (χ0) is 45.1. The van der Waals surface area contributed by atoms with Gasteiger partial charge in [0.25, 0.3) is 0 Å². The van der Waals surface area contributed by atoms with E-state index in [1.54, 1.807) is 12.2 Å². The normalized spacial score (nSPS) is 15.2. The summed E-state index contributed by atoms with van der Waals surface area (Å²) in [6, 6.07) is 0. The molecule has 2 unspecified atom stereocenters. The van der Waals surface area contributed by atoms with Crippen molar-refractivity contribution >= 4 is 19.8 Å². The number of esters is 2. The highest BCUT2D eigenvalue weighted by Gasteiger charge is 2.27. The molecular weight excluding hydrogens is 790 g/mol. The van der Waals surface area contributed by atoms with Crippen LogP contribution in [0.3, 0.4) is 0 Å². The predicted molar refractivity (Wildman–Crippen MR) is 253 cm³/mol. The van der Waals surface area contributed by atoms with Crippen molar-refractivity contribution in [2.24, 2.45) is 0 Å². The van der Waals surface area contributed by atoms with Gasteiger partial charge < -0.3 is 24.0 Å². The topological polar surface area (TPSA) is 129 Å². The maximum absolute atomic E-state index is 12.7. The lowest BCUT2D eigenvalue weighted by atomic mass is 10.2.